The van der Waals surface area contributed by atoms with E-state index >= 15 is 0 Å². The Morgan fingerprint density at radius 3 is 2.70 bits per heavy atom. The van der Waals surface area contributed by atoms with Crippen LogP contribution in [0.25, 0.3) is 0 Å². The van der Waals surface area contributed by atoms with Crippen molar-refractivity contribution in [3.63, 3.8) is 0 Å². The highest BCUT2D eigenvalue weighted by molar-refractivity contribution is 5.89. The lowest BCUT2D eigenvalue weighted by molar-refractivity contribution is 0.101. The van der Waals surface area contributed by atoms with Gasteiger partial charge in [-0.2, -0.15) is 5.10 Å². The number of aromatic nitrogens is 2. The number of fused-ring (bicyclic) bond motifs is 1. The minimum Gasteiger partial charge on any atom is -0.370 e. The molecule has 4 rings (SSSR count). The fraction of sp³-hybridized carbons (Fsp3) is 0.304. The highest BCUT2D eigenvalue weighted by Crippen LogP contribution is 2.24. The number of nitrogens with one attached hydrogen (secondary N) is 1. The molecular weight excluding hydrogens is 383 g/mol. The quantitative estimate of drug-likeness (QED) is 0.689. The van der Waals surface area contributed by atoms with Crippen LogP contribution in [-0.4, -0.2) is 27.3 Å². The van der Waals surface area contributed by atoms with Crippen LogP contribution in [-0.2, 0) is 38.0 Å². The second-order valence-corrected chi connectivity index (χ2v) is 7.55. The third-order valence-corrected chi connectivity index (χ3v) is 5.37. The first-order valence-electron chi connectivity index (χ1n) is 9.98. The van der Waals surface area contributed by atoms with Crippen molar-refractivity contribution >= 4 is 11.7 Å². The Morgan fingerprint density at radius 2 is 1.93 bits per heavy atom. The fourth-order valence-corrected chi connectivity index (χ4v) is 3.67. The number of hydrogen-bond acceptors (Lipinski definition) is 3. The Kier molecular flexibility index (Phi) is 5.81. The number of carbonyl (C=O) groups is 1. The van der Waals surface area contributed by atoms with E-state index in [0.29, 0.717) is 18.7 Å². The zero-order chi connectivity index (χ0) is 21.1. The number of urea groups is 1. The number of benzene rings is 2. The van der Waals surface area contributed by atoms with E-state index in [-0.39, 0.29) is 25.1 Å². The molecule has 1 aliphatic rings. The van der Waals surface area contributed by atoms with Gasteiger partial charge in [0.1, 0.15) is 5.82 Å². The smallest absolute Gasteiger partial charge is 0.322 e. The van der Waals surface area contributed by atoms with Gasteiger partial charge in [-0.1, -0.05) is 35.9 Å². The van der Waals surface area contributed by atoms with Crippen LogP contribution < -0.4 is 5.32 Å². The first-order valence-corrected chi connectivity index (χ1v) is 9.98. The molecular formula is C23H25FN4O2. The normalized spacial score (nSPS) is 13.2. The number of halogens is 1. The molecule has 156 valence electrons. The molecule has 0 unspecified atom stereocenters. The van der Waals surface area contributed by atoms with Gasteiger partial charge in [0.2, 0.25) is 0 Å². The topological polar surface area (TPSA) is 59.4 Å². The van der Waals surface area contributed by atoms with Crippen LogP contribution in [0.4, 0.5) is 14.9 Å². The summed E-state index contributed by atoms with van der Waals surface area (Å²) in [6.45, 7) is 3.55. The molecule has 3 aromatic rings. The largest absolute Gasteiger partial charge is 0.370 e. The van der Waals surface area contributed by atoms with Gasteiger partial charge in [0.25, 0.3) is 0 Å². The minimum atomic E-state index is -0.278. The van der Waals surface area contributed by atoms with Crippen LogP contribution in [0.3, 0.4) is 0 Å². The molecule has 7 heteroatoms. The van der Waals surface area contributed by atoms with Crippen LogP contribution in [0.5, 0.6) is 0 Å². The van der Waals surface area contributed by atoms with Gasteiger partial charge in [0.05, 0.1) is 25.5 Å². The number of carbonyl (C=O) groups excluding carboxylic acids is 1. The summed E-state index contributed by atoms with van der Waals surface area (Å²) >= 11 is 0. The number of aryl methyl sites for hydroxylation is 2. The van der Waals surface area contributed by atoms with Gasteiger partial charge in [-0.3, -0.25) is 4.68 Å². The number of rotatable bonds is 5. The van der Waals surface area contributed by atoms with Crippen LogP contribution in [0.2, 0.25) is 0 Å². The van der Waals surface area contributed by atoms with Crippen LogP contribution >= 0.6 is 0 Å². The predicted octanol–water partition coefficient (Wildman–Crippen LogP) is 4.17. The van der Waals surface area contributed by atoms with Crippen molar-refractivity contribution in [1.82, 2.24) is 14.7 Å². The van der Waals surface area contributed by atoms with Gasteiger partial charge in [-0.25, -0.2) is 9.18 Å². The van der Waals surface area contributed by atoms with Crippen molar-refractivity contribution in [2.75, 3.05) is 11.9 Å². The molecule has 0 atom stereocenters. The summed E-state index contributed by atoms with van der Waals surface area (Å²) in [7, 11) is 1.90. The van der Waals surface area contributed by atoms with Crippen molar-refractivity contribution in [2.45, 2.75) is 33.1 Å². The number of nitrogens with zero attached hydrogens (tertiary/aromatic N) is 3. The Morgan fingerprint density at radius 1 is 1.17 bits per heavy atom. The van der Waals surface area contributed by atoms with Crippen molar-refractivity contribution in [3.05, 3.63) is 82.4 Å². The summed E-state index contributed by atoms with van der Waals surface area (Å²) in [5.74, 6) is -0.278. The lowest BCUT2D eigenvalue weighted by Crippen LogP contribution is -2.39. The number of amides is 2. The molecule has 0 aliphatic carbocycles. The fourth-order valence-electron chi connectivity index (χ4n) is 3.67. The van der Waals surface area contributed by atoms with E-state index in [0.717, 1.165) is 34.6 Å². The summed E-state index contributed by atoms with van der Waals surface area (Å²) < 4.78 is 21.4. The molecule has 0 saturated heterocycles. The molecule has 1 aliphatic heterocycles. The van der Waals surface area contributed by atoms with E-state index in [9.17, 15) is 9.18 Å². The van der Waals surface area contributed by atoms with Crippen molar-refractivity contribution < 1.29 is 13.9 Å². The molecule has 0 radical (unpaired) electrons. The lowest BCUT2D eigenvalue weighted by Gasteiger charge is -2.28. The average Bonchev–Trinajstić information content (AvgIpc) is 3.06. The second-order valence-electron chi connectivity index (χ2n) is 7.55. The maximum absolute atomic E-state index is 13.8. The summed E-state index contributed by atoms with van der Waals surface area (Å²) in [6, 6.07) is 14.2. The minimum absolute atomic E-state index is 0.133. The van der Waals surface area contributed by atoms with Gasteiger partial charge >= 0.3 is 6.03 Å². The monoisotopic (exact) mass is 408 g/mol. The zero-order valence-corrected chi connectivity index (χ0v) is 17.2. The lowest BCUT2D eigenvalue weighted by atomic mass is 10.1. The first-order chi connectivity index (χ1) is 14.5. The standard InChI is InChI=1S/C23H25FN4O2/c1-16-7-9-18(10-8-16)25-23(29)28-12-11-22-19(13-28)21(26-27(22)2)15-30-14-17-5-3-4-6-20(17)24/h3-10H,11-15H2,1-2H3,(H,25,29). The number of ether oxygens (including phenoxy) is 1. The third-order valence-electron chi connectivity index (χ3n) is 5.37. The van der Waals surface area contributed by atoms with E-state index in [1.165, 1.54) is 6.07 Å². The predicted molar refractivity (Wildman–Crippen MR) is 112 cm³/mol. The molecule has 1 N–H and O–H groups in total. The van der Waals surface area contributed by atoms with Crippen molar-refractivity contribution in [1.29, 1.82) is 0 Å². The van der Waals surface area contributed by atoms with Gasteiger partial charge in [0, 0.05) is 42.5 Å². The van der Waals surface area contributed by atoms with Gasteiger partial charge in [-0.05, 0) is 25.1 Å². The molecule has 0 saturated carbocycles. The maximum Gasteiger partial charge on any atom is 0.322 e. The van der Waals surface area contributed by atoms with Crippen molar-refractivity contribution in [2.24, 2.45) is 7.05 Å². The second kappa shape index (κ2) is 8.67. The SMILES string of the molecule is Cc1ccc(NC(=O)N2CCc3c(c(COCc4ccccc4F)nn3C)C2)cc1. The summed E-state index contributed by atoms with van der Waals surface area (Å²) in [6.07, 6.45) is 0.730. The van der Waals surface area contributed by atoms with Gasteiger partial charge in [0.15, 0.2) is 0 Å². The Labute approximate surface area is 175 Å². The molecule has 0 bridgehead atoms. The van der Waals surface area contributed by atoms with E-state index in [4.69, 9.17) is 4.74 Å². The third kappa shape index (κ3) is 4.36. The molecule has 1 aromatic heterocycles. The zero-order valence-electron chi connectivity index (χ0n) is 17.2. The molecule has 2 aromatic carbocycles. The summed E-state index contributed by atoms with van der Waals surface area (Å²) in [5.41, 5.74) is 5.34. The maximum atomic E-state index is 13.8. The van der Waals surface area contributed by atoms with E-state index in [1.54, 1.807) is 23.1 Å². The highest BCUT2D eigenvalue weighted by atomic mass is 19.1. The molecule has 30 heavy (non-hydrogen) atoms. The average molecular weight is 408 g/mol. The van der Waals surface area contributed by atoms with E-state index in [1.807, 2.05) is 42.9 Å². The van der Waals surface area contributed by atoms with Gasteiger partial charge < -0.3 is 15.0 Å². The van der Waals surface area contributed by atoms with Crippen LogP contribution in [0.1, 0.15) is 28.1 Å². The van der Waals surface area contributed by atoms with Crippen molar-refractivity contribution in [3.8, 4) is 0 Å². The van der Waals surface area contributed by atoms with Crippen LogP contribution in [0, 0.1) is 12.7 Å². The number of anilines is 1. The van der Waals surface area contributed by atoms with Gasteiger partial charge in [-0.15, -0.1) is 0 Å². The molecule has 0 spiro atoms. The van der Waals surface area contributed by atoms with Crippen LogP contribution in [0.15, 0.2) is 48.5 Å². The van der Waals surface area contributed by atoms with E-state index < -0.39 is 0 Å². The summed E-state index contributed by atoms with van der Waals surface area (Å²) in [4.78, 5) is 14.5. The van der Waals surface area contributed by atoms with E-state index in [2.05, 4.69) is 10.4 Å². The Bertz CT molecular complexity index is 1050. The molecule has 2 amide bonds. The highest BCUT2D eigenvalue weighted by Gasteiger charge is 2.26. The Balaban J connectivity index is 1.41. The molecule has 6 nitrogen and oxygen atoms in total. The first kappa shape index (κ1) is 20.1. The summed E-state index contributed by atoms with van der Waals surface area (Å²) in [5, 5.41) is 7.53. The Hall–Kier alpha value is -3.19. The molecule has 2 heterocycles. The number of hydrogen-bond donors (Lipinski definition) is 1. The molecule has 0 fully saturated rings.